The first-order valence-corrected chi connectivity index (χ1v) is 18.5. The average molecular weight is 686 g/mol. The van der Waals surface area contributed by atoms with Gasteiger partial charge in [-0.05, 0) is 77.6 Å². The van der Waals surface area contributed by atoms with Gasteiger partial charge in [0.1, 0.15) is 18.0 Å². The highest BCUT2D eigenvalue weighted by Crippen LogP contribution is 2.41. The van der Waals surface area contributed by atoms with Crippen molar-refractivity contribution in [2.45, 2.75) is 65.2 Å². The lowest BCUT2D eigenvalue weighted by molar-refractivity contribution is -0.138. The largest absolute Gasteiger partial charge is 0.478 e. The van der Waals surface area contributed by atoms with Crippen LogP contribution in [0, 0.1) is 5.82 Å². The van der Waals surface area contributed by atoms with Crippen LogP contribution in [-0.4, -0.2) is 53.8 Å². The molecule has 0 bridgehead atoms. The van der Waals surface area contributed by atoms with E-state index in [4.69, 9.17) is 13.9 Å². The molecule has 14 heteroatoms. The molecule has 48 heavy (non-hydrogen) atoms. The van der Waals surface area contributed by atoms with Crippen molar-refractivity contribution in [1.29, 1.82) is 0 Å². The average Bonchev–Trinajstić information content (AvgIpc) is 3.58. The Balaban J connectivity index is 1.46. The molecule has 0 saturated heterocycles. The zero-order valence-corrected chi connectivity index (χ0v) is 29.0. The van der Waals surface area contributed by atoms with Gasteiger partial charge >= 0.3 is 6.18 Å². The molecule has 0 fully saturated rings. The van der Waals surface area contributed by atoms with Crippen LogP contribution < -0.4 is 9.64 Å². The molecule has 0 saturated carbocycles. The molecule has 0 atom stereocenters. The van der Waals surface area contributed by atoms with E-state index >= 15 is 0 Å². The van der Waals surface area contributed by atoms with Gasteiger partial charge in [-0.2, -0.15) is 18.2 Å². The lowest BCUT2D eigenvalue weighted by Crippen LogP contribution is -2.41. The summed E-state index contributed by atoms with van der Waals surface area (Å²) in [6.07, 6.45) is -3.24. The Morgan fingerprint density at radius 3 is 2.38 bits per heavy atom. The van der Waals surface area contributed by atoms with E-state index in [1.54, 1.807) is 36.7 Å². The fourth-order valence-corrected chi connectivity index (χ4v) is 6.27. The van der Waals surface area contributed by atoms with Crippen molar-refractivity contribution in [3.05, 3.63) is 76.9 Å². The van der Waals surface area contributed by atoms with Gasteiger partial charge in [-0.25, -0.2) is 4.39 Å². The van der Waals surface area contributed by atoms with Crippen LogP contribution in [0.2, 0.25) is 18.1 Å². The lowest BCUT2D eigenvalue weighted by atomic mass is 9.99. The molecule has 0 spiro atoms. The van der Waals surface area contributed by atoms with Crippen LogP contribution in [0.4, 0.5) is 23.4 Å². The molecule has 1 aliphatic heterocycles. The topological polar surface area (TPSA) is 91.6 Å². The maximum absolute atomic E-state index is 14.4. The maximum atomic E-state index is 14.4. The van der Waals surface area contributed by atoms with Gasteiger partial charge in [0, 0.05) is 24.2 Å². The molecule has 256 valence electrons. The number of hydrogen-bond acceptors (Lipinski definition) is 7. The number of amides is 1. The number of aromatic nitrogens is 4. The van der Waals surface area contributed by atoms with Gasteiger partial charge in [-0.3, -0.25) is 9.69 Å². The second-order valence-corrected chi connectivity index (χ2v) is 18.0. The van der Waals surface area contributed by atoms with Gasteiger partial charge in [-0.1, -0.05) is 26.8 Å². The second-order valence-electron chi connectivity index (χ2n) is 13.2. The number of anilines is 1. The summed E-state index contributed by atoms with van der Waals surface area (Å²) in [4.78, 5) is 19.5. The molecule has 0 radical (unpaired) electrons. The van der Waals surface area contributed by atoms with Crippen LogP contribution in [-0.2, 0) is 35.5 Å². The molecule has 3 heterocycles. The fraction of sp³-hybridized carbons (Fsp3) is 0.412. The number of nitrogens with zero attached hydrogens (tertiary/aromatic N) is 5. The van der Waals surface area contributed by atoms with Gasteiger partial charge in [0.05, 0.1) is 38.5 Å². The first-order chi connectivity index (χ1) is 22.5. The van der Waals surface area contributed by atoms with Crippen molar-refractivity contribution in [2.24, 2.45) is 7.05 Å². The van der Waals surface area contributed by atoms with Crippen LogP contribution in [0.5, 0.6) is 5.88 Å². The smallest absolute Gasteiger partial charge is 0.416 e. The molecule has 2 aromatic heterocycles. The van der Waals surface area contributed by atoms with Crippen molar-refractivity contribution in [1.82, 2.24) is 19.7 Å². The number of ether oxygens (including phenoxy) is 2. The summed E-state index contributed by atoms with van der Waals surface area (Å²) in [5, 5.41) is 8.03. The van der Waals surface area contributed by atoms with E-state index in [1.165, 1.54) is 29.4 Å². The predicted molar refractivity (Wildman–Crippen MR) is 176 cm³/mol. The van der Waals surface area contributed by atoms with Gasteiger partial charge < -0.3 is 18.5 Å². The number of carbonyl (C=O) groups is 1. The quantitative estimate of drug-likeness (QED) is 0.0904. The van der Waals surface area contributed by atoms with Gasteiger partial charge in [0.15, 0.2) is 14.1 Å². The number of alkyl halides is 3. The highest BCUT2D eigenvalue weighted by Gasteiger charge is 2.41. The van der Waals surface area contributed by atoms with Crippen LogP contribution in [0.25, 0.3) is 22.5 Å². The van der Waals surface area contributed by atoms with Crippen molar-refractivity contribution in [3.63, 3.8) is 0 Å². The summed E-state index contributed by atoms with van der Waals surface area (Å²) in [5.41, 5.74) is 0.543. The van der Waals surface area contributed by atoms with Crippen LogP contribution in [0.15, 0.2) is 48.8 Å². The first-order valence-electron chi connectivity index (χ1n) is 15.6. The summed E-state index contributed by atoms with van der Waals surface area (Å²) in [6, 6.07) is 9.82. The van der Waals surface area contributed by atoms with Crippen LogP contribution in [0.1, 0.15) is 54.7 Å². The molecular weight excluding hydrogens is 646 g/mol. The number of aryl methyl sites for hydroxylation is 1. The molecule has 1 amide bonds. The molecule has 0 unspecified atom stereocenters. The minimum Gasteiger partial charge on any atom is -0.478 e. The number of carbonyl (C=O) groups excluding carboxylic acids is 1. The van der Waals surface area contributed by atoms with E-state index < -0.39 is 31.8 Å². The highest BCUT2D eigenvalue weighted by atomic mass is 28.4. The molecule has 2 aromatic carbocycles. The number of rotatable bonds is 11. The van der Waals surface area contributed by atoms with E-state index in [-0.39, 0.29) is 59.8 Å². The van der Waals surface area contributed by atoms with Crippen LogP contribution in [0.3, 0.4) is 0 Å². The Bertz CT molecular complexity index is 1820. The summed E-state index contributed by atoms with van der Waals surface area (Å²) in [6.45, 7) is 12.6. The minimum absolute atomic E-state index is 0.0103. The third-order valence-electron chi connectivity index (χ3n) is 8.77. The number of benzene rings is 2. The van der Waals surface area contributed by atoms with Gasteiger partial charge in [0.25, 0.3) is 5.91 Å². The van der Waals surface area contributed by atoms with Crippen molar-refractivity contribution >= 4 is 20.0 Å². The van der Waals surface area contributed by atoms with Crippen molar-refractivity contribution < 1.29 is 36.3 Å². The Hall–Kier alpha value is -4.14. The van der Waals surface area contributed by atoms with Gasteiger partial charge in [-0.15, -0.1) is 10.2 Å². The maximum Gasteiger partial charge on any atom is 0.416 e. The summed E-state index contributed by atoms with van der Waals surface area (Å²) < 4.78 is 76.8. The summed E-state index contributed by atoms with van der Waals surface area (Å²) in [7, 11) is -0.290. The van der Waals surface area contributed by atoms with E-state index in [2.05, 4.69) is 49.0 Å². The lowest BCUT2D eigenvalue weighted by Gasteiger charge is -2.36. The summed E-state index contributed by atoms with van der Waals surface area (Å²) >= 11 is 0. The monoisotopic (exact) mass is 685 g/mol. The molecule has 5 rings (SSSR count). The third-order valence-corrected chi connectivity index (χ3v) is 13.3. The van der Waals surface area contributed by atoms with Crippen molar-refractivity contribution in [2.75, 3.05) is 24.7 Å². The number of pyridine rings is 1. The predicted octanol–water partition coefficient (Wildman–Crippen LogP) is 7.80. The molecule has 0 N–H and O–H groups in total. The molecule has 4 aromatic rings. The summed E-state index contributed by atoms with van der Waals surface area (Å²) in [5.74, 6) is -0.519. The normalized spacial score (nSPS) is 13.7. The Morgan fingerprint density at radius 1 is 0.979 bits per heavy atom. The van der Waals surface area contributed by atoms with E-state index in [9.17, 15) is 22.4 Å². The minimum atomic E-state index is -4.72. The highest BCUT2D eigenvalue weighted by molar-refractivity contribution is 6.74. The van der Waals surface area contributed by atoms with E-state index in [0.29, 0.717) is 29.1 Å². The Labute approximate surface area is 278 Å². The molecule has 0 aliphatic carbocycles. The zero-order chi connectivity index (χ0) is 35.0. The first kappa shape index (κ1) is 35.2. The number of fused-ring (bicyclic) bond motifs is 1. The van der Waals surface area contributed by atoms with Crippen LogP contribution >= 0.6 is 0 Å². The van der Waals surface area contributed by atoms with Gasteiger partial charge in [0.2, 0.25) is 5.88 Å². The van der Waals surface area contributed by atoms with E-state index in [1.807, 2.05) is 0 Å². The molecular formula is C34H39F4N5O4Si. The molecule has 9 nitrogen and oxygen atoms in total. The fourth-order valence-electron chi connectivity index (χ4n) is 5.24. The third kappa shape index (κ3) is 7.30. The Morgan fingerprint density at radius 2 is 1.73 bits per heavy atom. The van der Waals surface area contributed by atoms with Crippen molar-refractivity contribution in [3.8, 4) is 28.4 Å². The molecule has 1 aliphatic rings. The second kappa shape index (κ2) is 13.4. The van der Waals surface area contributed by atoms with E-state index in [0.717, 1.165) is 6.07 Å². The number of halogens is 4. The zero-order valence-electron chi connectivity index (χ0n) is 28.0. The number of hydrogen-bond donors (Lipinski definition) is 0. The Kier molecular flexibility index (Phi) is 9.82. The standard InChI is InChI=1S/C34H39F4N5O4Si/c1-8-46-30-16-22(24-10-9-23(35)17-25(24)31-41-39-20-42(31)5)15-29(40-30)43-18-27-26(32(43)44)13-21(14-28(27)34(36,37)38)19-45-11-12-47-48(6,7)33(2,3)4/h9-10,13-17,20H,8,11-12,18-19H2,1-7H3. The SMILES string of the molecule is CCOc1cc(-c2ccc(F)cc2-c2nncn2C)cc(N2Cc3c(cc(COCCO[Si](C)(C)C(C)(C)C)cc3C(F)(F)F)C2=O)n1.